The highest BCUT2D eigenvalue weighted by molar-refractivity contribution is 6.29. The first kappa shape index (κ1) is 18.8. The van der Waals surface area contributed by atoms with Gasteiger partial charge in [0.25, 0.3) is 5.91 Å². The van der Waals surface area contributed by atoms with Crippen LogP contribution in [0.1, 0.15) is 17.3 Å². The van der Waals surface area contributed by atoms with Crippen molar-refractivity contribution in [3.8, 4) is 0 Å². The maximum Gasteiger partial charge on any atom is 0.335 e. The Balaban J connectivity index is 1.88. The van der Waals surface area contributed by atoms with Crippen molar-refractivity contribution in [1.29, 1.82) is 0 Å². The summed E-state index contributed by atoms with van der Waals surface area (Å²) in [5, 5.41) is 14.1. The summed E-state index contributed by atoms with van der Waals surface area (Å²) < 4.78 is 0. The lowest BCUT2D eigenvalue weighted by Gasteiger charge is -2.31. The topological polar surface area (TPSA) is 116 Å². The zero-order chi connectivity index (χ0) is 20.3. The van der Waals surface area contributed by atoms with Crippen LogP contribution in [-0.2, 0) is 9.59 Å². The van der Waals surface area contributed by atoms with Crippen LogP contribution < -0.4 is 15.5 Å². The molecule has 1 aliphatic rings. The predicted molar refractivity (Wildman–Crippen MR) is 102 cm³/mol. The molecule has 1 saturated heterocycles. The Hall–Kier alpha value is -3.94. The van der Waals surface area contributed by atoms with E-state index < -0.39 is 29.7 Å². The summed E-state index contributed by atoms with van der Waals surface area (Å²) in [6, 6.07) is 13.4. The minimum absolute atomic E-state index is 0.111. The average molecular weight is 379 g/mol. The van der Waals surface area contributed by atoms with E-state index in [2.05, 4.69) is 10.6 Å². The van der Waals surface area contributed by atoms with Gasteiger partial charge in [0.15, 0.2) is 5.92 Å². The molecule has 142 valence electrons. The number of rotatable bonds is 5. The van der Waals surface area contributed by atoms with Gasteiger partial charge in [-0.1, -0.05) is 24.3 Å². The van der Waals surface area contributed by atoms with Crippen molar-refractivity contribution >= 4 is 35.2 Å². The molecule has 4 amide bonds. The molecule has 0 unspecified atom stereocenters. The van der Waals surface area contributed by atoms with Crippen LogP contribution in [-0.4, -0.2) is 28.9 Å². The number of carboxylic acid groups (broad SMARTS) is 1. The van der Waals surface area contributed by atoms with Crippen molar-refractivity contribution in [3.05, 3.63) is 71.9 Å². The lowest BCUT2D eigenvalue weighted by molar-refractivity contribution is -0.132. The smallest absolute Gasteiger partial charge is 0.335 e. The second-order valence-electron chi connectivity index (χ2n) is 5.99. The number of anilines is 2. The van der Waals surface area contributed by atoms with Crippen LogP contribution in [0.4, 0.5) is 16.2 Å². The van der Waals surface area contributed by atoms with Gasteiger partial charge in [-0.3, -0.25) is 14.9 Å². The van der Waals surface area contributed by atoms with Gasteiger partial charge in [0.1, 0.15) is 0 Å². The highest BCUT2D eigenvalue weighted by Gasteiger charge is 2.43. The van der Waals surface area contributed by atoms with Gasteiger partial charge in [0.2, 0.25) is 5.91 Å². The molecule has 0 aromatic heterocycles. The highest BCUT2D eigenvalue weighted by Crippen LogP contribution is 2.25. The number of nitrogens with one attached hydrogen (secondary N) is 2. The first-order chi connectivity index (χ1) is 13.4. The van der Waals surface area contributed by atoms with Gasteiger partial charge < -0.3 is 10.4 Å². The molecule has 3 N–H and O–H groups in total. The molecule has 1 aliphatic heterocycles. The van der Waals surface area contributed by atoms with Crippen LogP contribution >= 0.6 is 0 Å². The maximum absolute atomic E-state index is 13.0. The summed E-state index contributed by atoms with van der Waals surface area (Å²) >= 11 is 0. The van der Waals surface area contributed by atoms with Crippen molar-refractivity contribution in [3.63, 3.8) is 0 Å². The van der Waals surface area contributed by atoms with Gasteiger partial charge in [-0.15, -0.1) is 0 Å². The number of amides is 4. The van der Waals surface area contributed by atoms with Crippen LogP contribution in [0.25, 0.3) is 0 Å². The van der Waals surface area contributed by atoms with Crippen LogP contribution in [0, 0.1) is 5.92 Å². The monoisotopic (exact) mass is 379 g/mol. The van der Waals surface area contributed by atoms with Gasteiger partial charge in [-0.2, -0.15) is 0 Å². The van der Waals surface area contributed by atoms with Crippen LogP contribution in [0.5, 0.6) is 0 Å². The second-order valence-corrected chi connectivity index (χ2v) is 5.99. The van der Waals surface area contributed by atoms with E-state index in [9.17, 15) is 19.2 Å². The van der Waals surface area contributed by atoms with Crippen molar-refractivity contribution in [2.24, 2.45) is 5.92 Å². The van der Waals surface area contributed by atoms with E-state index in [4.69, 9.17) is 5.11 Å². The fourth-order valence-corrected chi connectivity index (χ4v) is 2.84. The quantitative estimate of drug-likeness (QED) is 0.688. The summed E-state index contributed by atoms with van der Waals surface area (Å²) in [5.74, 6) is -3.72. The Morgan fingerprint density at radius 3 is 2.29 bits per heavy atom. The summed E-state index contributed by atoms with van der Waals surface area (Å²) in [5.41, 5.74) is 1.24. The highest BCUT2D eigenvalue weighted by atomic mass is 16.4. The van der Waals surface area contributed by atoms with Crippen LogP contribution in [0.2, 0.25) is 0 Å². The molecule has 0 saturated carbocycles. The maximum atomic E-state index is 13.0. The third-order valence-electron chi connectivity index (χ3n) is 4.22. The molecule has 1 fully saturated rings. The number of benzene rings is 2. The lowest BCUT2D eigenvalue weighted by Crippen LogP contribution is -2.59. The van der Waals surface area contributed by atoms with Gasteiger partial charge >= 0.3 is 12.0 Å². The summed E-state index contributed by atoms with van der Waals surface area (Å²) in [6.45, 7) is 1.65. The molecule has 0 radical (unpaired) electrons. The fourth-order valence-electron chi connectivity index (χ4n) is 2.84. The SMILES string of the molecule is C/C=C(\Nc1ccc(C(=O)O)cc1)[C@@H]1C(=O)NC(=O)N(c2ccccc2)C1=O. The predicted octanol–water partition coefficient (Wildman–Crippen LogP) is 2.60. The fraction of sp³-hybridized carbons (Fsp3) is 0.100. The first-order valence-electron chi connectivity index (χ1n) is 8.43. The van der Waals surface area contributed by atoms with Crippen LogP contribution in [0.15, 0.2) is 66.4 Å². The van der Waals surface area contributed by atoms with E-state index in [-0.39, 0.29) is 11.3 Å². The molecule has 2 aromatic rings. The number of urea groups is 1. The number of allylic oxidation sites excluding steroid dienone is 1. The molecule has 8 nitrogen and oxygen atoms in total. The minimum atomic E-state index is -1.25. The largest absolute Gasteiger partial charge is 0.478 e. The molecule has 0 bridgehead atoms. The van der Waals surface area contributed by atoms with Gasteiger partial charge in [-0.05, 0) is 43.3 Å². The third kappa shape index (κ3) is 3.61. The van der Waals surface area contributed by atoms with Crippen molar-refractivity contribution in [2.45, 2.75) is 6.92 Å². The molecule has 1 heterocycles. The summed E-state index contributed by atoms with van der Waals surface area (Å²) in [7, 11) is 0. The average Bonchev–Trinajstić information content (AvgIpc) is 2.68. The third-order valence-corrected chi connectivity index (χ3v) is 4.22. The number of carboxylic acids is 1. The summed E-state index contributed by atoms with van der Waals surface area (Å²) in [4.78, 5) is 49.4. The minimum Gasteiger partial charge on any atom is -0.478 e. The second kappa shape index (κ2) is 7.75. The Morgan fingerprint density at radius 1 is 1.07 bits per heavy atom. The van der Waals surface area contributed by atoms with E-state index in [1.807, 2.05) is 0 Å². The Bertz CT molecular complexity index is 967. The van der Waals surface area contributed by atoms with E-state index in [0.29, 0.717) is 11.4 Å². The van der Waals surface area contributed by atoms with E-state index in [1.165, 1.54) is 24.3 Å². The number of hydrogen-bond acceptors (Lipinski definition) is 5. The van der Waals surface area contributed by atoms with E-state index >= 15 is 0 Å². The number of nitrogens with zero attached hydrogens (tertiary/aromatic N) is 1. The number of barbiturate groups is 1. The van der Waals surface area contributed by atoms with E-state index in [1.54, 1.807) is 43.3 Å². The zero-order valence-corrected chi connectivity index (χ0v) is 14.9. The Morgan fingerprint density at radius 2 is 1.71 bits per heavy atom. The Kier molecular flexibility index (Phi) is 5.21. The van der Waals surface area contributed by atoms with Crippen molar-refractivity contribution in [2.75, 3.05) is 10.2 Å². The summed E-state index contributed by atoms with van der Waals surface area (Å²) in [6.07, 6.45) is 1.56. The number of hydrogen-bond donors (Lipinski definition) is 3. The number of imide groups is 2. The molecular formula is C20H17N3O5. The molecule has 3 rings (SSSR count). The van der Waals surface area contributed by atoms with Gasteiger partial charge in [0, 0.05) is 11.4 Å². The molecule has 0 spiro atoms. The normalized spacial score (nSPS) is 17.3. The van der Waals surface area contributed by atoms with Crippen LogP contribution in [0.3, 0.4) is 0 Å². The van der Waals surface area contributed by atoms with Crippen molar-refractivity contribution < 1.29 is 24.3 Å². The number of para-hydroxylation sites is 1. The standard InChI is InChI=1S/C20H17N3O5/c1-2-15(21-13-10-8-12(9-11-13)19(26)27)16-17(24)22-20(28)23(18(16)25)14-6-4-3-5-7-14/h2-11,16,21H,1H3,(H,26,27)(H,22,24,28)/b15-2-/t16-/m1/s1. The number of aromatic carboxylic acids is 1. The molecule has 1 atom stereocenters. The Labute approximate surface area is 160 Å². The first-order valence-corrected chi connectivity index (χ1v) is 8.43. The molecule has 2 aromatic carbocycles. The molecular weight excluding hydrogens is 362 g/mol. The molecule has 28 heavy (non-hydrogen) atoms. The number of carbonyl (C=O) groups is 4. The number of carbonyl (C=O) groups excluding carboxylic acids is 3. The molecule has 0 aliphatic carbocycles. The zero-order valence-electron chi connectivity index (χ0n) is 14.9. The van der Waals surface area contributed by atoms with Gasteiger partial charge in [0.05, 0.1) is 11.3 Å². The van der Waals surface area contributed by atoms with E-state index in [0.717, 1.165) is 4.90 Å². The molecule has 8 heteroatoms. The van der Waals surface area contributed by atoms with Gasteiger partial charge in [-0.25, -0.2) is 14.5 Å². The lowest BCUT2D eigenvalue weighted by atomic mass is 9.99. The van der Waals surface area contributed by atoms with Crippen molar-refractivity contribution in [1.82, 2.24) is 5.32 Å².